The number of esters is 1. The number of allylic oxidation sites excluding steroid dienone is 15. The van der Waals surface area contributed by atoms with Gasteiger partial charge in [-0.15, -0.1) is 0 Å². The Morgan fingerprint density at radius 2 is 0.813 bits per heavy atom. The Balaban J connectivity index is 5.43. The molecule has 1 amide bonds. The molecule has 3 atom stereocenters. The summed E-state index contributed by atoms with van der Waals surface area (Å²) in [5, 5.41) is 3.03. The summed E-state index contributed by atoms with van der Waals surface area (Å²) >= 11 is 0. The third kappa shape index (κ3) is 55.5. The number of unbranched alkanes of at least 4 members (excludes halogenated alkanes) is 24. The highest BCUT2D eigenvalue weighted by atomic mass is 31.2. The molecule has 3 unspecified atom stereocenters. The summed E-state index contributed by atoms with van der Waals surface area (Å²) in [6, 6.07) is -0.880. The molecule has 0 aromatic heterocycles. The molecule has 0 fully saturated rings. The second-order valence-electron chi connectivity index (χ2n) is 21.5. The van der Waals surface area contributed by atoms with E-state index in [1.165, 1.54) is 109 Å². The topological polar surface area (TPSA) is 111 Å². The first-order valence-corrected chi connectivity index (χ1v) is 32.1. The molecule has 432 valence electrons. The van der Waals surface area contributed by atoms with E-state index in [0.29, 0.717) is 23.9 Å². The zero-order valence-electron chi connectivity index (χ0n) is 49.3. The molecular weight excluding hydrogens is 952 g/mol. The van der Waals surface area contributed by atoms with Crippen LogP contribution in [0.25, 0.3) is 0 Å². The summed E-state index contributed by atoms with van der Waals surface area (Å²) in [6.45, 7) is 6.91. The summed E-state index contributed by atoms with van der Waals surface area (Å²) in [5.41, 5.74) is 0. The number of carbonyl (C=O) groups excluding carboxylic acids is 2. The summed E-state index contributed by atoms with van der Waals surface area (Å²) in [6.07, 6.45) is 72.5. The van der Waals surface area contributed by atoms with Crippen molar-refractivity contribution in [2.75, 3.05) is 40.9 Å². The maximum absolute atomic E-state index is 13.5. The van der Waals surface area contributed by atoms with E-state index in [2.05, 4.69) is 111 Å². The standard InChI is InChI=1S/C65H115N2O7P/c1-7-10-13-16-19-22-25-28-30-32-33-35-36-39-42-45-48-51-54-57-64(68)66-62(61-73-75(70,71)72-60-59-67(4,5)6)63(56-53-50-47-44-41-38-27-24-21-18-15-12-9-3)74-65(69)58-55-52-49-46-43-40-37-34-31-29-26-23-20-17-14-11-8-2/h19-20,22-23,28-31,33,35,37,39-40,42,53,56,62-63H,7-18,21,24-27,32,34,36,38,41,43-52,54-55,57-61H2,1-6H3,(H-,66,68,70,71)/p+1/b22-19-,23-20-,30-28-,31-29-,35-33-,40-37-,42-39-,56-53+. The van der Waals surface area contributed by atoms with Gasteiger partial charge in [-0.25, -0.2) is 4.57 Å². The van der Waals surface area contributed by atoms with E-state index in [-0.39, 0.29) is 37.9 Å². The summed E-state index contributed by atoms with van der Waals surface area (Å²) in [7, 11) is 1.45. The Kier molecular flexibility index (Phi) is 52.1. The highest BCUT2D eigenvalue weighted by Crippen LogP contribution is 2.43. The fraction of sp³-hybridized carbons (Fsp3) is 0.723. The number of nitrogens with zero attached hydrogens (tertiary/aromatic N) is 1. The third-order valence-electron chi connectivity index (χ3n) is 13.0. The van der Waals surface area contributed by atoms with Gasteiger partial charge in [-0.05, 0) is 115 Å². The van der Waals surface area contributed by atoms with Crippen molar-refractivity contribution in [3.8, 4) is 0 Å². The average molecular weight is 1070 g/mol. The van der Waals surface area contributed by atoms with E-state index in [0.717, 1.165) is 96.3 Å². The maximum atomic E-state index is 13.5. The van der Waals surface area contributed by atoms with Gasteiger partial charge in [0.25, 0.3) is 0 Å². The van der Waals surface area contributed by atoms with Crippen molar-refractivity contribution in [3.63, 3.8) is 0 Å². The average Bonchev–Trinajstić information content (AvgIpc) is 3.37. The lowest BCUT2D eigenvalue weighted by molar-refractivity contribution is -0.870. The van der Waals surface area contributed by atoms with Crippen LogP contribution in [0.3, 0.4) is 0 Å². The molecule has 0 aromatic rings. The molecule has 0 aromatic carbocycles. The van der Waals surface area contributed by atoms with Crippen molar-refractivity contribution in [2.24, 2.45) is 0 Å². The van der Waals surface area contributed by atoms with Crippen LogP contribution in [0.5, 0.6) is 0 Å². The first-order chi connectivity index (χ1) is 36.4. The largest absolute Gasteiger partial charge is 0.472 e. The van der Waals surface area contributed by atoms with Crippen molar-refractivity contribution < 1.29 is 37.3 Å². The minimum absolute atomic E-state index is 0.0254. The molecule has 0 heterocycles. The van der Waals surface area contributed by atoms with Crippen LogP contribution in [0.15, 0.2) is 97.2 Å². The molecule has 0 aliphatic heterocycles. The van der Waals surface area contributed by atoms with E-state index >= 15 is 0 Å². The Bertz CT molecular complexity index is 1610. The van der Waals surface area contributed by atoms with Gasteiger partial charge < -0.3 is 19.4 Å². The highest BCUT2D eigenvalue weighted by molar-refractivity contribution is 7.47. The van der Waals surface area contributed by atoms with Crippen LogP contribution in [-0.2, 0) is 27.9 Å². The normalized spacial score (nSPS) is 14.4. The molecule has 10 heteroatoms. The summed E-state index contributed by atoms with van der Waals surface area (Å²) < 4.78 is 30.6. The van der Waals surface area contributed by atoms with Crippen LogP contribution < -0.4 is 5.32 Å². The molecule has 0 bridgehead atoms. The van der Waals surface area contributed by atoms with Crippen molar-refractivity contribution in [3.05, 3.63) is 97.2 Å². The van der Waals surface area contributed by atoms with Gasteiger partial charge in [0, 0.05) is 12.8 Å². The van der Waals surface area contributed by atoms with E-state index in [4.69, 9.17) is 13.8 Å². The Labute approximate surface area is 462 Å². The van der Waals surface area contributed by atoms with Crippen molar-refractivity contribution >= 4 is 19.7 Å². The van der Waals surface area contributed by atoms with Gasteiger partial charge in [0.05, 0.1) is 33.8 Å². The monoisotopic (exact) mass is 1070 g/mol. The van der Waals surface area contributed by atoms with Crippen molar-refractivity contribution in [1.82, 2.24) is 5.32 Å². The smallest absolute Gasteiger partial charge is 0.456 e. The van der Waals surface area contributed by atoms with Gasteiger partial charge in [-0.1, -0.05) is 221 Å². The number of amides is 1. The zero-order chi connectivity index (χ0) is 55.0. The van der Waals surface area contributed by atoms with Gasteiger partial charge in [0.15, 0.2) is 0 Å². The lowest BCUT2D eigenvalue weighted by Gasteiger charge is -2.27. The predicted octanol–water partition coefficient (Wildman–Crippen LogP) is 18.8. The molecular formula is C65H116N2O7P+. The quantitative estimate of drug-likeness (QED) is 0.0205. The predicted molar refractivity (Wildman–Crippen MR) is 323 cm³/mol. The minimum atomic E-state index is -4.47. The van der Waals surface area contributed by atoms with Gasteiger partial charge in [-0.2, -0.15) is 0 Å². The van der Waals surface area contributed by atoms with Crippen LogP contribution in [0, 0.1) is 0 Å². The molecule has 0 spiro atoms. The SMILES string of the molecule is CCCCC/C=C\C/C=C\C/C=C\C/C=C\CCCCCC(=O)NC(COP(=O)(O)OCC[N+](C)(C)C)C(/C=C/CCCCCCCCCCCCC)OC(=O)CCCCCC/C=C\C/C=C\C/C=C\CCCCC. The van der Waals surface area contributed by atoms with Crippen LogP contribution in [0.1, 0.15) is 252 Å². The molecule has 0 rings (SSSR count). The van der Waals surface area contributed by atoms with E-state index < -0.39 is 20.0 Å². The third-order valence-corrected chi connectivity index (χ3v) is 14.0. The number of nitrogens with one attached hydrogen (secondary N) is 1. The van der Waals surface area contributed by atoms with Gasteiger partial charge in [0.1, 0.15) is 19.3 Å². The number of hydrogen-bond donors (Lipinski definition) is 2. The highest BCUT2D eigenvalue weighted by Gasteiger charge is 2.30. The number of carbonyl (C=O) groups is 2. The summed E-state index contributed by atoms with van der Waals surface area (Å²) in [4.78, 5) is 37.7. The van der Waals surface area contributed by atoms with Crippen molar-refractivity contribution in [2.45, 2.75) is 264 Å². The number of rotatable bonds is 54. The first kappa shape index (κ1) is 71.9. The fourth-order valence-corrected chi connectivity index (χ4v) is 8.96. The molecule has 0 saturated heterocycles. The van der Waals surface area contributed by atoms with E-state index in [9.17, 15) is 19.0 Å². The van der Waals surface area contributed by atoms with Gasteiger partial charge >= 0.3 is 13.8 Å². The van der Waals surface area contributed by atoms with Gasteiger partial charge in [-0.3, -0.25) is 18.6 Å². The molecule has 9 nitrogen and oxygen atoms in total. The molecule has 0 saturated carbocycles. The number of quaternary nitrogens is 1. The minimum Gasteiger partial charge on any atom is -0.456 e. The molecule has 0 aliphatic rings. The van der Waals surface area contributed by atoms with Crippen molar-refractivity contribution in [1.29, 1.82) is 0 Å². The molecule has 75 heavy (non-hydrogen) atoms. The molecule has 0 radical (unpaired) electrons. The van der Waals surface area contributed by atoms with Gasteiger partial charge in [0.2, 0.25) is 5.91 Å². The number of phosphoric ester groups is 1. The second kappa shape index (κ2) is 54.3. The number of ether oxygens (including phenoxy) is 1. The summed E-state index contributed by atoms with van der Waals surface area (Å²) in [5.74, 6) is -0.570. The Morgan fingerprint density at radius 1 is 0.467 bits per heavy atom. The molecule has 0 aliphatic carbocycles. The lowest BCUT2D eigenvalue weighted by atomic mass is 10.0. The van der Waals surface area contributed by atoms with Crippen LogP contribution in [-0.4, -0.2) is 74.3 Å². The number of hydrogen-bond acceptors (Lipinski definition) is 6. The number of likely N-dealkylation sites (N-methyl/N-ethyl adjacent to an activating group) is 1. The Hall–Kier alpha value is -3.07. The zero-order valence-corrected chi connectivity index (χ0v) is 50.2. The lowest BCUT2D eigenvalue weighted by Crippen LogP contribution is -2.47. The fourth-order valence-electron chi connectivity index (χ4n) is 8.22. The van der Waals surface area contributed by atoms with Crippen LogP contribution >= 0.6 is 7.82 Å². The van der Waals surface area contributed by atoms with E-state index in [1.807, 2.05) is 33.3 Å². The Morgan fingerprint density at radius 3 is 1.25 bits per heavy atom. The van der Waals surface area contributed by atoms with Crippen LogP contribution in [0.2, 0.25) is 0 Å². The first-order valence-electron chi connectivity index (χ1n) is 30.6. The second-order valence-corrected chi connectivity index (χ2v) is 23.0. The number of phosphoric acid groups is 1. The molecule has 2 N–H and O–H groups in total. The van der Waals surface area contributed by atoms with Crippen LogP contribution in [0.4, 0.5) is 0 Å². The van der Waals surface area contributed by atoms with E-state index in [1.54, 1.807) is 0 Å². The maximum Gasteiger partial charge on any atom is 0.472 e.